The molecule has 0 unspecified atom stereocenters. The first kappa shape index (κ1) is 11.4. The lowest BCUT2D eigenvalue weighted by Crippen LogP contribution is -2.27. The Bertz CT molecular complexity index is 655. The molecule has 1 aliphatic heterocycles. The van der Waals surface area contributed by atoms with Gasteiger partial charge in [-0.1, -0.05) is 11.6 Å². The van der Waals surface area contributed by atoms with E-state index in [0.717, 1.165) is 24.2 Å². The summed E-state index contributed by atoms with van der Waals surface area (Å²) >= 11 is 5.94. The van der Waals surface area contributed by atoms with Gasteiger partial charge in [0.2, 0.25) is 0 Å². The number of carbonyl (C=O) groups is 1. The van der Waals surface area contributed by atoms with E-state index in [1.807, 2.05) is 0 Å². The number of carboxylic acids is 1. The normalized spacial score (nSPS) is 14.5. The van der Waals surface area contributed by atoms with Crippen molar-refractivity contribution >= 4 is 28.5 Å². The quantitative estimate of drug-likeness (QED) is 0.827. The summed E-state index contributed by atoms with van der Waals surface area (Å²) in [5, 5.41) is 13.7. The van der Waals surface area contributed by atoms with Crippen LogP contribution >= 0.6 is 11.6 Å². The molecule has 2 aromatic rings. The fourth-order valence-corrected chi connectivity index (χ4v) is 2.56. The van der Waals surface area contributed by atoms with Crippen LogP contribution in [0.1, 0.15) is 21.6 Å². The Morgan fingerprint density at radius 2 is 2.28 bits per heavy atom. The van der Waals surface area contributed by atoms with Crippen molar-refractivity contribution in [3.63, 3.8) is 0 Å². The zero-order valence-corrected chi connectivity index (χ0v) is 10.3. The van der Waals surface area contributed by atoms with Gasteiger partial charge in [-0.15, -0.1) is 0 Å². The second kappa shape index (κ2) is 4.23. The Hall–Kier alpha value is -1.65. The highest BCUT2D eigenvalue weighted by Crippen LogP contribution is 2.27. The molecule has 0 amide bonds. The minimum atomic E-state index is -0.926. The number of nitrogens with one attached hydrogen (secondary N) is 1. The second-order valence-corrected chi connectivity index (χ2v) is 4.74. The minimum absolute atomic E-state index is 0.324. The molecule has 0 aliphatic carbocycles. The smallest absolute Gasteiger partial charge is 0.336 e. The van der Waals surface area contributed by atoms with Gasteiger partial charge >= 0.3 is 5.97 Å². The molecule has 18 heavy (non-hydrogen) atoms. The maximum atomic E-state index is 11.5. The van der Waals surface area contributed by atoms with E-state index in [0.29, 0.717) is 28.0 Å². The summed E-state index contributed by atoms with van der Waals surface area (Å²) < 4.78 is 0. The molecule has 0 saturated heterocycles. The first-order valence-electron chi connectivity index (χ1n) is 5.72. The molecule has 0 bridgehead atoms. The van der Waals surface area contributed by atoms with Gasteiger partial charge in [0.25, 0.3) is 0 Å². The summed E-state index contributed by atoms with van der Waals surface area (Å²) in [4.78, 5) is 16.0. The fourth-order valence-electron chi connectivity index (χ4n) is 2.39. The number of hydrogen-bond acceptors (Lipinski definition) is 3. The zero-order valence-electron chi connectivity index (χ0n) is 9.53. The number of halogens is 1. The SMILES string of the molecule is O=C(O)c1c2c(nc3ccc(Cl)cc13)CCNC2. The molecule has 0 radical (unpaired) electrons. The van der Waals surface area contributed by atoms with Crippen molar-refractivity contribution in [1.82, 2.24) is 10.3 Å². The van der Waals surface area contributed by atoms with E-state index in [4.69, 9.17) is 11.6 Å². The average molecular weight is 263 g/mol. The van der Waals surface area contributed by atoms with Crippen LogP contribution in [-0.4, -0.2) is 22.6 Å². The zero-order chi connectivity index (χ0) is 12.7. The van der Waals surface area contributed by atoms with Crippen LogP contribution in [0.15, 0.2) is 18.2 Å². The van der Waals surface area contributed by atoms with Crippen molar-refractivity contribution in [3.05, 3.63) is 40.0 Å². The van der Waals surface area contributed by atoms with Gasteiger partial charge in [0, 0.05) is 41.2 Å². The molecular weight excluding hydrogens is 252 g/mol. The van der Waals surface area contributed by atoms with Crippen molar-refractivity contribution in [2.45, 2.75) is 13.0 Å². The number of carboxylic acid groups (broad SMARTS) is 1. The van der Waals surface area contributed by atoms with Crippen LogP contribution in [0.4, 0.5) is 0 Å². The first-order chi connectivity index (χ1) is 8.66. The molecule has 2 heterocycles. The lowest BCUT2D eigenvalue weighted by molar-refractivity contribution is 0.0697. The standard InChI is InChI=1S/C13H11ClN2O2/c14-7-1-2-10-8(5-7)12(13(17)18)9-6-15-4-3-11(9)16-10/h1-2,5,15H,3-4,6H2,(H,17,18). The number of aromatic carboxylic acids is 1. The monoisotopic (exact) mass is 262 g/mol. The Morgan fingerprint density at radius 1 is 1.44 bits per heavy atom. The predicted molar refractivity (Wildman–Crippen MR) is 69.1 cm³/mol. The molecule has 0 saturated carbocycles. The topological polar surface area (TPSA) is 62.2 Å². The molecule has 1 aromatic heterocycles. The predicted octanol–water partition coefficient (Wildman–Crippen LogP) is 2.23. The Morgan fingerprint density at radius 3 is 3.06 bits per heavy atom. The highest BCUT2D eigenvalue weighted by atomic mass is 35.5. The molecule has 1 aliphatic rings. The van der Waals surface area contributed by atoms with Crippen LogP contribution in [0.25, 0.3) is 10.9 Å². The van der Waals surface area contributed by atoms with Crippen molar-refractivity contribution < 1.29 is 9.90 Å². The molecule has 0 atom stereocenters. The molecular formula is C13H11ClN2O2. The molecule has 1 aromatic carbocycles. The average Bonchev–Trinajstić information content (AvgIpc) is 2.35. The molecule has 5 heteroatoms. The van der Waals surface area contributed by atoms with Gasteiger partial charge in [0.05, 0.1) is 11.1 Å². The third kappa shape index (κ3) is 1.74. The Kier molecular flexibility index (Phi) is 2.69. The van der Waals surface area contributed by atoms with E-state index in [1.54, 1.807) is 18.2 Å². The van der Waals surface area contributed by atoms with Crippen LogP contribution in [0, 0.1) is 0 Å². The van der Waals surface area contributed by atoms with E-state index in [9.17, 15) is 9.90 Å². The largest absolute Gasteiger partial charge is 0.478 e. The van der Waals surface area contributed by atoms with E-state index in [-0.39, 0.29) is 0 Å². The molecule has 3 rings (SSSR count). The van der Waals surface area contributed by atoms with Crippen LogP contribution in [0.2, 0.25) is 5.02 Å². The van der Waals surface area contributed by atoms with Gasteiger partial charge in [-0.3, -0.25) is 4.98 Å². The van der Waals surface area contributed by atoms with Crippen molar-refractivity contribution in [3.8, 4) is 0 Å². The van der Waals surface area contributed by atoms with Gasteiger partial charge in [0.1, 0.15) is 0 Å². The molecule has 2 N–H and O–H groups in total. The summed E-state index contributed by atoms with van der Waals surface area (Å²) in [6.07, 6.45) is 0.758. The molecule has 4 nitrogen and oxygen atoms in total. The molecule has 0 spiro atoms. The fraction of sp³-hybridized carbons (Fsp3) is 0.231. The number of pyridine rings is 1. The highest BCUT2D eigenvalue weighted by molar-refractivity contribution is 6.31. The van der Waals surface area contributed by atoms with E-state index >= 15 is 0 Å². The number of nitrogens with zero attached hydrogens (tertiary/aromatic N) is 1. The van der Waals surface area contributed by atoms with E-state index in [1.165, 1.54) is 0 Å². The Labute approximate surface area is 109 Å². The summed E-state index contributed by atoms with van der Waals surface area (Å²) in [5.74, 6) is -0.926. The third-order valence-corrected chi connectivity index (χ3v) is 3.42. The van der Waals surface area contributed by atoms with Gasteiger partial charge in [0.15, 0.2) is 0 Å². The summed E-state index contributed by atoms with van der Waals surface area (Å²) in [6.45, 7) is 1.38. The number of hydrogen-bond donors (Lipinski definition) is 2. The van der Waals surface area contributed by atoms with Gasteiger partial charge in [-0.25, -0.2) is 4.79 Å². The number of aromatic nitrogens is 1. The highest BCUT2D eigenvalue weighted by Gasteiger charge is 2.21. The van der Waals surface area contributed by atoms with E-state index < -0.39 is 5.97 Å². The van der Waals surface area contributed by atoms with Crippen LogP contribution < -0.4 is 5.32 Å². The lowest BCUT2D eigenvalue weighted by Gasteiger charge is -2.19. The van der Waals surface area contributed by atoms with Crippen LogP contribution in [-0.2, 0) is 13.0 Å². The van der Waals surface area contributed by atoms with Crippen molar-refractivity contribution in [2.75, 3.05) is 6.54 Å². The molecule has 0 fully saturated rings. The van der Waals surface area contributed by atoms with Crippen LogP contribution in [0.5, 0.6) is 0 Å². The van der Waals surface area contributed by atoms with Gasteiger partial charge in [-0.05, 0) is 18.2 Å². The van der Waals surface area contributed by atoms with Crippen molar-refractivity contribution in [2.24, 2.45) is 0 Å². The van der Waals surface area contributed by atoms with Gasteiger partial charge in [-0.2, -0.15) is 0 Å². The maximum Gasteiger partial charge on any atom is 0.336 e. The molecule has 92 valence electrons. The first-order valence-corrected chi connectivity index (χ1v) is 6.09. The number of rotatable bonds is 1. The van der Waals surface area contributed by atoms with Gasteiger partial charge < -0.3 is 10.4 Å². The maximum absolute atomic E-state index is 11.5. The second-order valence-electron chi connectivity index (χ2n) is 4.31. The summed E-state index contributed by atoms with van der Waals surface area (Å²) in [5.41, 5.74) is 2.67. The summed E-state index contributed by atoms with van der Waals surface area (Å²) in [7, 11) is 0. The number of benzene rings is 1. The van der Waals surface area contributed by atoms with Crippen molar-refractivity contribution in [1.29, 1.82) is 0 Å². The minimum Gasteiger partial charge on any atom is -0.478 e. The number of fused-ring (bicyclic) bond motifs is 2. The lowest BCUT2D eigenvalue weighted by atomic mass is 9.97. The van der Waals surface area contributed by atoms with E-state index in [2.05, 4.69) is 10.3 Å². The summed E-state index contributed by atoms with van der Waals surface area (Å²) in [6, 6.07) is 5.17. The Balaban J connectivity index is 2.41. The third-order valence-electron chi connectivity index (χ3n) is 3.19. The van der Waals surface area contributed by atoms with Crippen LogP contribution in [0.3, 0.4) is 0 Å².